The molecule has 0 bridgehead atoms. The van der Waals surface area contributed by atoms with Crippen LogP contribution in [0.15, 0.2) is 41.3 Å². The minimum Gasteiger partial charge on any atom is -0.481 e. The van der Waals surface area contributed by atoms with E-state index in [2.05, 4.69) is 5.32 Å². The van der Waals surface area contributed by atoms with E-state index in [-0.39, 0.29) is 30.0 Å². The number of carboxylic acids is 1. The standard InChI is InChI=1S/C36H39F8N3O4/c1-19(2)14-27(47-18-22(10-6-11-46-12-7-13-46)24(16-28(47)48)35(39,40)41)34(51)45-26(17-29(49)50)31-32(37)23(15-25(33(31)38)36(42,43)44)30-20(3)8-5-9-21(30)4/h5,8-9,15-16,18-19,26-27H,6-7,10-14,17H2,1-4H3,(H,45,51)(H,49,50). The van der Waals surface area contributed by atoms with Crippen LogP contribution in [0.3, 0.4) is 0 Å². The van der Waals surface area contributed by atoms with Crippen LogP contribution in [0.25, 0.3) is 11.1 Å². The zero-order chi connectivity index (χ0) is 38.0. The molecule has 0 saturated carbocycles. The van der Waals surface area contributed by atoms with Gasteiger partial charge in [0.25, 0.3) is 5.56 Å². The van der Waals surface area contributed by atoms with Crippen molar-refractivity contribution >= 4 is 11.9 Å². The Morgan fingerprint density at radius 2 is 1.55 bits per heavy atom. The lowest BCUT2D eigenvalue weighted by molar-refractivity contribution is -0.140. The van der Waals surface area contributed by atoms with Gasteiger partial charge in [-0.2, -0.15) is 26.3 Å². The first-order chi connectivity index (χ1) is 23.7. The summed E-state index contributed by atoms with van der Waals surface area (Å²) < 4.78 is 118. The average Bonchev–Trinajstić information content (AvgIpc) is 2.97. The number of carbonyl (C=O) groups is 2. The van der Waals surface area contributed by atoms with E-state index in [0.29, 0.717) is 30.2 Å². The van der Waals surface area contributed by atoms with E-state index < -0.39 is 88.1 Å². The van der Waals surface area contributed by atoms with E-state index in [1.165, 1.54) is 26.0 Å². The van der Waals surface area contributed by atoms with Gasteiger partial charge in [0, 0.05) is 23.4 Å². The molecule has 0 spiro atoms. The minimum absolute atomic E-state index is 0.00206. The lowest BCUT2D eigenvalue weighted by Crippen LogP contribution is -2.41. The van der Waals surface area contributed by atoms with Crippen LogP contribution in [-0.4, -0.2) is 46.1 Å². The number of hydrogen-bond acceptors (Lipinski definition) is 4. The highest BCUT2D eigenvalue weighted by Gasteiger charge is 2.41. The number of alkyl halides is 6. The number of hydrogen-bond donors (Lipinski definition) is 2. The Hall–Kier alpha value is -4.27. The molecule has 1 fully saturated rings. The molecule has 2 aromatic carbocycles. The molecule has 1 saturated heterocycles. The maximum absolute atomic E-state index is 16.4. The van der Waals surface area contributed by atoms with Crippen molar-refractivity contribution < 1.29 is 49.8 Å². The SMILES string of the molecule is Cc1cccc(C)c1-c1cc(C(F)(F)F)c(F)c(C(CC(=O)O)NC(=O)C(CC(C)C)n2cc(CCCN3CCC3)c(C(F)(F)F)cc2=O)c1F. The summed E-state index contributed by atoms with van der Waals surface area (Å²) in [4.78, 5) is 41.2. The first kappa shape index (κ1) is 39.5. The molecule has 1 aromatic heterocycles. The smallest absolute Gasteiger partial charge is 0.419 e. The number of aliphatic carboxylic acids is 1. The van der Waals surface area contributed by atoms with E-state index in [1.807, 2.05) is 4.90 Å². The molecule has 3 aromatic rings. The second-order valence-corrected chi connectivity index (χ2v) is 13.3. The molecule has 1 aliphatic rings. The summed E-state index contributed by atoms with van der Waals surface area (Å²) in [6, 6.07) is 1.35. The molecule has 0 aliphatic carbocycles. The second-order valence-electron chi connectivity index (χ2n) is 13.3. The molecule has 15 heteroatoms. The fraction of sp³-hybridized carbons (Fsp3) is 0.472. The molecule has 278 valence electrons. The van der Waals surface area contributed by atoms with Crippen molar-refractivity contribution in [3.05, 3.63) is 91.9 Å². The van der Waals surface area contributed by atoms with Crippen molar-refractivity contribution in [2.45, 2.75) is 84.2 Å². The number of carbonyl (C=O) groups excluding carboxylic acids is 1. The van der Waals surface area contributed by atoms with Crippen LogP contribution in [0.4, 0.5) is 35.1 Å². The van der Waals surface area contributed by atoms with Gasteiger partial charge in [0.05, 0.1) is 23.6 Å². The highest BCUT2D eigenvalue weighted by Crippen LogP contribution is 2.42. The molecule has 7 nitrogen and oxygen atoms in total. The van der Waals surface area contributed by atoms with E-state index in [0.717, 1.165) is 30.3 Å². The predicted octanol–water partition coefficient (Wildman–Crippen LogP) is 8.01. The first-order valence-electron chi connectivity index (χ1n) is 16.4. The number of nitrogens with one attached hydrogen (secondary N) is 1. The van der Waals surface area contributed by atoms with Crippen LogP contribution >= 0.6 is 0 Å². The van der Waals surface area contributed by atoms with E-state index >= 15 is 8.78 Å². The molecule has 51 heavy (non-hydrogen) atoms. The first-order valence-corrected chi connectivity index (χ1v) is 16.4. The number of halogens is 8. The van der Waals surface area contributed by atoms with Crippen molar-refractivity contribution in [3.8, 4) is 11.1 Å². The Morgan fingerprint density at radius 1 is 0.941 bits per heavy atom. The Balaban J connectivity index is 1.85. The van der Waals surface area contributed by atoms with Gasteiger partial charge >= 0.3 is 18.3 Å². The van der Waals surface area contributed by atoms with Gasteiger partial charge in [0.1, 0.15) is 17.7 Å². The number of carboxylic acid groups (broad SMARTS) is 1. The third-order valence-electron chi connectivity index (χ3n) is 9.00. The number of likely N-dealkylation sites (tertiary alicyclic amines) is 1. The fourth-order valence-corrected chi connectivity index (χ4v) is 6.45. The van der Waals surface area contributed by atoms with Gasteiger partial charge in [0.2, 0.25) is 5.91 Å². The van der Waals surface area contributed by atoms with Crippen molar-refractivity contribution in [2.24, 2.45) is 5.92 Å². The van der Waals surface area contributed by atoms with Crippen molar-refractivity contribution in [3.63, 3.8) is 0 Å². The topological polar surface area (TPSA) is 91.6 Å². The second kappa shape index (κ2) is 15.5. The Morgan fingerprint density at radius 3 is 2.06 bits per heavy atom. The minimum atomic E-state index is -5.37. The van der Waals surface area contributed by atoms with Crippen molar-refractivity contribution in [1.82, 2.24) is 14.8 Å². The molecule has 2 atom stereocenters. The number of pyridine rings is 1. The maximum Gasteiger partial charge on any atom is 0.419 e. The van der Waals surface area contributed by atoms with Gasteiger partial charge in [-0.15, -0.1) is 0 Å². The van der Waals surface area contributed by atoms with Crippen LogP contribution in [0.1, 0.15) is 85.0 Å². The Bertz CT molecular complexity index is 1810. The lowest BCUT2D eigenvalue weighted by atomic mass is 9.89. The van der Waals surface area contributed by atoms with Crippen LogP contribution < -0.4 is 10.9 Å². The average molecular weight is 730 g/mol. The van der Waals surface area contributed by atoms with Crippen molar-refractivity contribution in [2.75, 3.05) is 19.6 Å². The highest BCUT2D eigenvalue weighted by molar-refractivity contribution is 5.82. The number of benzene rings is 2. The molecule has 2 unspecified atom stereocenters. The molecule has 4 rings (SSSR count). The van der Waals surface area contributed by atoms with Crippen LogP contribution in [0, 0.1) is 31.4 Å². The number of aromatic nitrogens is 1. The fourth-order valence-electron chi connectivity index (χ4n) is 6.45. The Kier molecular flexibility index (Phi) is 12.0. The monoisotopic (exact) mass is 729 g/mol. The third kappa shape index (κ3) is 9.16. The van der Waals surface area contributed by atoms with E-state index in [9.17, 15) is 45.8 Å². The molecule has 1 aliphatic heterocycles. The van der Waals surface area contributed by atoms with E-state index in [4.69, 9.17) is 0 Å². The zero-order valence-corrected chi connectivity index (χ0v) is 28.4. The summed E-state index contributed by atoms with van der Waals surface area (Å²) in [5.74, 6) is -7.05. The molecule has 2 N–H and O–H groups in total. The lowest BCUT2D eigenvalue weighted by Gasteiger charge is -2.30. The molecular formula is C36H39F8N3O4. The predicted molar refractivity (Wildman–Crippen MR) is 173 cm³/mol. The van der Waals surface area contributed by atoms with Gasteiger partial charge in [-0.1, -0.05) is 32.0 Å². The largest absolute Gasteiger partial charge is 0.481 e. The van der Waals surface area contributed by atoms with Gasteiger partial charge in [0.15, 0.2) is 0 Å². The van der Waals surface area contributed by atoms with E-state index in [1.54, 1.807) is 19.9 Å². The quantitative estimate of drug-likeness (QED) is 0.174. The number of nitrogens with zero attached hydrogens (tertiary/aromatic N) is 2. The summed E-state index contributed by atoms with van der Waals surface area (Å²) in [6.45, 7) is 8.35. The van der Waals surface area contributed by atoms with Gasteiger partial charge in [-0.3, -0.25) is 14.4 Å². The summed E-state index contributed by atoms with van der Waals surface area (Å²) in [5, 5.41) is 11.8. The molecule has 0 radical (unpaired) electrons. The molecule has 2 heterocycles. The normalized spacial score (nSPS) is 15.1. The van der Waals surface area contributed by atoms with Crippen molar-refractivity contribution in [1.29, 1.82) is 0 Å². The highest BCUT2D eigenvalue weighted by atomic mass is 19.4. The van der Waals surface area contributed by atoms with Gasteiger partial charge < -0.3 is 19.9 Å². The Labute approximate surface area is 289 Å². The number of aryl methyl sites for hydroxylation is 3. The van der Waals surface area contributed by atoms with Crippen LogP contribution in [0.2, 0.25) is 0 Å². The maximum atomic E-state index is 16.4. The van der Waals surface area contributed by atoms with Crippen LogP contribution in [0.5, 0.6) is 0 Å². The number of amides is 1. The van der Waals surface area contributed by atoms with Gasteiger partial charge in [-0.25, -0.2) is 8.78 Å². The molecule has 1 amide bonds. The molecular weight excluding hydrogens is 690 g/mol. The number of rotatable bonds is 13. The zero-order valence-electron chi connectivity index (χ0n) is 28.4. The summed E-state index contributed by atoms with van der Waals surface area (Å²) in [6.07, 6.45) is -9.67. The van der Waals surface area contributed by atoms with Gasteiger partial charge in [-0.05, 0) is 93.4 Å². The summed E-state index contributed by atoms with van der Waals surface area (Å²) in [5.41, 5.74) is -5.98. The van der Waals surface area contributed by atoms with Crippen LogP contribution in [-0.2, 0) is 28.4 Å². The third-order valence-corrected chi connectivity index (χ3v) is 9.00. The summed E-state index contributed by atoms with van der Waals surface area (Å²) >= 11 is 0. The summed E-state index contributed by atoms with van der Waals surface area (Å²) in [7, 11) is 0.